The number of amides is 1. The molecule has 3 heterocycles. The first-order valence-corrected chi connectivity index (χ1v) is 9.99. The van der Waals surface area contributed by atoms with Gasteiger partial charge < -0.3 is 9.64 Å². The molecular weight excluding hydrogens is 388 g/mol. The SMILES string of the molecule is O=C1c2c(ccnc2OC2CCCCC2)CN1Cc1ccc(Br)s1. The van der Waals surface area contributed by atoms with E-state index in [1.54, 1.807) is 17.5 Å². The van der Waals surface area contributed by atoms with Crippen LogP contribution in [0.25, 0.3) is 0 Å². The molecule has 126 valence electrons. The van der Waals surface area contributed by atoms with Crippen molar-refractivity contribution in [2.24, 2.45) is 0 Å². The van der Waals surface area contributed by atoms with Crippen molar-refractivity contribution in [3.63, 3.8) is 0 Å². The lowest BCUT2D eigenvalue weighted by atomic mass is 9.98. The second-order valence-corrected chi connectivity index (χ2v) is 8.94. The van der Waals surface area contributed by atoms with Gasteiger partial charge in [0.15, 0.2) is 0 Å². The summed E-state index contributed by atoms with van der Waals surface area (Å²) in [6, 6.07) is 6.01. The number of fused-ring (bicyclic) bond motifs is 1. The minimum atomic E-state index is 0.0356. The van der Waals surface area contributed by atoms with Gasteiger partial charge in [0.05, 0.1) is 10.3 Å². The Morgan fingerprint density at radius 1 is 1.25 bits per heavy atom. The Hall–Kier alpha value is -1.40. The Balaban J connectivity index is 1.53. The van der Waals surface area contributed by atoms with Crippen LogP contribution in [0, 0.1) is 0 Å². The Morgan fingerprint density at radius 2 is 2.08 bits per heavy atom. The summed E-state index contributed by atoms with van der Waals surface area (Å²) in [5.74, 6) is 0.563. The first-order valence-electron chi connectivity index (χ1n) is 8.39. The van der Waals surface area contributed by atoms with Gasteiger partial charge in [0.25, 0.3) is 5.91 Å². The second kappa shape index (κ2) is 6.84. The molecule has 0 aromatic carbocycles. The molecule has 0 radical (unpaired) electrons. The van der Waals surface area contributed by atoms with E-state index in [4.69, 9.17) is 4.74 Å². The van der Waals surface area contributed by atoms with Gasteiger partial charge in [-0.2, -0.15) is 0 Å². The van der Waals surface area contributed by atoms with Gasteiger partial charge >= 0.3 is 0 Å². The maximum absolute atomic E-state index is 12.9. The van der Waals surface area contributed by atoms with Crippen molar-refractivity contribution in [2.45, 2.75) is 51.3 Å². The average Bonchev–Trinajstić information content (AvgIpc) is 3.13. The first-order chi connectivity index (χ1) is 11.7. The lowest BCUT2D eigenvalue weighted by Gasteiger charge is -2.23. The van der Waals surface area contributed by atoms with E-state index in [1.807, 2.05) is 17.0 Å². The molecule has 1 aliphatic heterocycles. The highest BCUT2D eigenvalue weighted by molar-refractivity contribution is 9.11. The number of aromatic nitrogens is 1. The molecule has 1 fully saturated rings. The molecule has 1 amide bonds. The molecule has 4 rings (SSSR count). The maximum atomic E-state index is 12.9. The molecule has 4 nitrogen and oxygen atoms in total. The van der Waals surface area contributed by atoms with Crippen LogP contribution < -0.4 is 4.74 Å². The molecule has 0 bridgehead atoms. The normalized spacial score (nSPS) is 18.0. The Morgan fingerprint density at radius 3 is 2.83 bits per heavy atom. The van der Waals surface area contributed by atoms with Gasteiger partial charge in [0, 0.05) is 17.6 Å². The summed E-state index contributed by atoms with van der Waals surface area (Å²) in [4.78, 5) is 20.3. The summed E-state index contributed by atoms with van der Waals surface area (Å²) in [6.45, 7) is 1.26. The van der Waals surface area contributed by atoms with Crippen molar-refractivity contribution < 1.29 is 9.53 Å². The molecule has 2 aliphatic rings. The zero-order valence-electron chi connectivity index (χ0n) is 13.3. The fourth-order valence-electron chi connectivity index (χ4n) is 3.46. The predicted molar refractivity (Wildman–Crippen MR) is 97.3 cm³/mol. The number of hydrogen-bond donors (Lipinski definition) is 0. The Bertz CT molecular complexity index is 755. The van der Waals surface area contributed by atoms with Crippen molar-refractivity contribution in [1.29, 1.82) is 0 Å². The number of ether oxygens (including phenoxy) is 1. The van der Waals surface area contributed by atoms with E-state index in [0.29, 0.717) is 24.5 Å². The van der Waals surface area contributed by atoms with Gasteiger partial charge in [-0.1, -0.05) is 6.42 Å². The van der Waals surface area contributed by atoms with Gasteiger partial charge in [-0.25, -0.2) is 4.98 Å². The number of hydrogen-bond acceptors (Lipinski definition) is 4. The highest BCUT2D eigenvalue weighted by atomic mass is 79.9. The van der Waals surface area contributed by atoms with Crippen LogP contribution in [0.3, 0.4) is 0 Å². The predicted octanol–water partition coefficient (Wildman–Crippen LogP) is 4.77. The number of carbonyl (C=O) groups is 1. The number of pyridine rings is 1. The summed E-state index contributed by atoms with van der Waals surface area (Å²) in [7, 11) is 0. The number of halogens is 1. The lowest BCUT2D eigenvalue weighted by molar-refractivity contribution is 0.0759. The van der Waals surface area contributed by atoms with E-state index >= 15 is 0 Å². The van der Waals surface area contributed by atoms with Gasteiger partial charge in [-0.05, 0) is 65.4 Å². The molecule has 0 atom stereocenters. The lowest BCUT2D eigenvalue weighted by Crippen LogP contribution is -2.24. The Labute approximate surface area is 154 Å². The monoisotopic (exact) mass is 406 g/mol. The molecule has 2 aromatic heterocycles. The molecule has 1 saturated carbocycles. The molecule has 1 aliphatic carbocycles. The molecule has 0 N–H and O–H groups in total. The van der Waals surface area contributed by atoms with Crippen LogP contribution in [-0.2, 0) is 13.1 Å². The molecule has 0 saturated heterocycles. The van der Waals surface area contributed by atoms with E-state index in [0.717, 1.165) is 22.2 Å². The Kier molecular flexibility index (Phi) is 4.59. The summed E-state index contributed by atoms with van der Waals surface area (Å²) in [5.41, 5.74) is 1.69. The van der Waals surface area contributed by atoms with Crippen LogP contribution in [0.1, 0.15) is 52.9 Å². The van der Waals surface area contributed by atoms with Crippen molar-refractivity contribution in [3.05, 3.63) is 44.2 Å². The standard InChI is InChI=1S/C18H19BrN2O2S/c19-15-7-6-14(24-15)11-21-10-12-8-9-20-17(16(12)18(21)22)23-13-4-2-1-3-5-13/h6-9,13H,1-5,10-11H2. The van der Waals surface area contributed by atoms with Crippen LogP contribution in [-0.4, -0.2) is 21.9 Å². The average molecular weight is 407 g/mol. The van der Waals surface area contributed by atoms with Crippen LogP contribution in [0.4, 0.5) is 0 Å². The van der Waals surface area contributed by atoms with Gasteiger partial charge in [-0.15, -0.1) is 11.3 Å². The van der Waals surface area contributed by atoms with Crippen molar-refractivity contribution >= 4 is 33.2 Å². The minimum Gasteiger partial charge on any atom is -0.474 e. The van der Waals surface area contributed by atoms with E-state index < -0.39 is 0 Å². The zero-order valence-corrected chi connectivity index (χ0v) is 15.7. The molecule has 0 spiro atoms. The van der Waals surface area contributed by atoms with Gasteiger partial charge in [-0.3, -0.25) is 4.79 Å². The van der Waals surface area contributed by atoms with E-state index in [-0.39, 0.29) is 12.0 Å². The van der Waals surface area contributed by atoms with Crippen LogP contribution in [0.2, 0.25) is 0 Å². The summed E-state index contributed by atoms with van der Waals surface area (Å²) in [5, 5.41) is 0. The summed E-state index contributed by atoms with van der Waals surface area (Å²) < 4.78 is 7.20. The topological polar surface area (TPSA) is 42.4 Å². The zero-order chi connectivity index (χ0) is 16.5. The van der Waals surface area contributed by atoms with Crippen molar-refractivity contribution in [2.75, 3.05) is 0 Å². The highest BCUT2D eigenvalue weighted by Crippen LogP contribution is 2.33. The van der Waals surface area contributed by atoms with Crippen LogP contribution in [0.5, 0.6) is 5.88 Å². The van der Waals surface area contributed by atoms with E-state index in [9.17, 15) is 4.79 Å². The number of nitrogens with zero attached hydrogens (tertiary/aromatic N) is 2. The van der Waals surface area contributed by atoms with Crippen molar-refractivity contribution in [3.8, 4) is 5.88 Å². The quantitative estimate of drug-likeness (QED) is 0.733. The fourth-order valence-corrected chi connectivity index (χ4v) is 4.96. The largest absolute Gasteiger partial charge is 0.474 e. The number of carbonyl (C=O) groups excluding carboxylic acids is 1. The van der Waals surface area contributed by atoms with E-state index in [1.165, 1.54) is 24.1 Å². The second-order valence-electron chi connectivity index (χ2n) is 6.40. The van der Waals surface area contributed by atoms with Crippen LogP contribution >= 0.6 is 27.3 Å². The van der Waals surface area contributed by atoms with Gasteiger partial charge in [0.1, 0.15) is 11.7 Å². The summed E-state index contributed by atoms with van der Waals surface area (Å²) in [6.07, 6.45) is 7.77. The van der Waals surface area contributed by atoms with Gasteiger partial charge in [0.2, 0.25) is 5.88 Å². The maximum Gasteiger partial charge on any atom is 0.260 e. The minimum absolute atomic E-state index is 0.0356. The number of thiophene rings is 1. The third-order valence-corrected chi connectivity index (χ3v) is 6.28. The number of rotatable bonds is 4. The van der Waals surface area contributed by atoms with Crippen molar-refractivity contribution in [1.82, 2.24) is 9.88 Å². The molecule has 2 aromatic rings. The molecule has 24 heavy (non-hydrogen) atoms. The fraction of sp³-hybridized carbons (Fsp3) is 0.444. The first kappa shape index (κ1) is 16.1. The summed E-state index contributed by atoms with van der Waals surface area (Å²) >= 11 is 5.14. The smallest absolute Gasteiger partial charge is 0.260 e. The third-order valence-electron chi connectivity index (χ3n) is 4.67. The molecule has 0 unspecified atom stereocenters. The third kappa shape index (κ3) is 3.22. The van der Waals surface area contributed by atoms with E-state index in [2.05, 4.69) is 27.0 Å². The molecular formula is C18H19BrN2O2S. The van der Waals surface area contributed by atoms with Crippen LogP contribution in [0.15, 0.2) is 28.2 Å². The highest BCUT2D eigenvalue weighted by Gasteiger charge is 2.32. The molecule has 6 heteroatoms.